The first-order valence-corrected chi connectivity index (χ1v) is 32.8. The Balaban J connectivity index is 0.814. The van der Waals surface area contributed by atoms with E-state index in [4.69, 9.17) is 61.6 Å². The second-order valence-corrected chi connectivity index (χ2v) is 28.9. The Morgan fingerprint density at radius 3 is 1.75 bits per heavy atom. The Kier molecular flexibility index (Phi) is 21.3. The summed E-state index contributed by atoms with van der Waals surface area (Å²) in [7, 11) is 0. The van der Waals surface area contributed by atoms with Gasteiger partial charge in [-0.05, 0) is 87.9 Å². The van der Waals surface area contributed by atoms with E-state index < -0.39 is 238 Å². The molecule has 0 bridgehead atoms. The van der Waals surface area contributed by atoms with Crippen LogP contribution in [0.2, 0.25) is 0 Å². The molecule has 11 rings (SSSR count). The van der Waals surface area contributed by atoms with Gasteiger partial charge in [-0.25, -0.2) is 0 Å². The number of allylic oxidation sites excluding steroid dienone is 2. The molecule has 0 amide bonds. The Hall–Kier alpha value is -2.08. The number of hydrogen-bond donors (Lipinski definition) is 16. The number of aliphatic hydroxyl groups excluding tert-OH is 16. The fraction of sp³-hybridized carbons (Fsp3) is 0.935. The zero-order valence-electron chi connectivity index (χ0n) is 53.3. The lowest BCUT2D eigenvalue weighted by atomic mass is 9.44. The van der Waals surface area contributed by atoms with Crippen LogP contribution in [0.15, 0.2) is 11.1 Å². The highest BCUT2D eigenvalue weighted by Crippen LogP contribution is 2.73. The van der Waals surface area contributed by atoms with Crippen LogP contribution in [0.1, 0.15) is 106 Å². The van der Waals surface area contributed by atoms with Gasteiger partial charge < -0.3 is 143 Å². The van der Waals surface area contributed by atoms with Crippen LogP contribution < -0.4 is 0 Å². The summed E-state index contributed by atoms with van der Waals surface area (Å²) in [5.74, 6) is -0.351. The molecule has 7 heterocycles. The Morgan fingerprint density at radius 2 is 1.11 bits per heavy atom. The Labute approximate surface area is 537 Å². The second-order valence-electron chi connectivity index (χ2n) is 28.9. The molecule has 11 aliphatic rings. The normalized spacial score (nSPS) is 54.4. The van der Waals surface area contributed by atoms with Crippen LogP contribution in [0, 0.1) is 33.5 Å². The smallest absolute Gasteiger partial charge is 0.187 e. The molecule has 7 aliphatic heterocycles. The van der Waals surface area contributed by atoms with Gasteiger partial charge in [-0.15, -0.1) is 0 Å². The third-order valence-corrected chi connectivity index (χ3v) is 23.4. The zero-order valence-corrected chi connectivity index (χ0v) is 53.3. The molecular formula is C62H98O31. The van der Waals surface area contributed by atoms with Crippen LogP contribution in [0.25, 0.3) is 0 Å². The third-order valence-electron chi connectivity index (χ3n) is 23.4. The maximum Gasteiger partial charge on any atom is 0.187 e. The molecule has 4 aliphatic carbocycles. The number of hydrogen-bond acceptors (Lipinski definition) is 31. The molecule has 2 saturated carbocycles. The molecule has 93 heavy (non-hydrogen) atoms. The molecule has 0 unspecified atom stereocenters. The SMILES string of the molecule is CCC(=O)[C@H]1C[C@@H](C)[C@@]2(C[C@@]3(C)CCC4=C(CC[C@H]5[C@@](C)(CO)[C@@H](O[C@@H]6O[C@H](CO[C@@H]7OC[C@H](O)[C@H](O)[C@H]7O[C@@H]7O[C@H](CO)[C@@H](O)[C@H](O[C@@H]8OC[C@H](O)[C@H](O)[C@H]8O[C@@H]8OC[C@@H](O)[C@H](O)[C@H]8O)[C@H]7O[C@@H]7O[C@@H](C)[C@H](O)[C@@H](O)[C@H]7O)[C@@H](O)[C@H](O)[C@H]6O)CC[C@]45C)[C@]3(C)C2=O)O1. The molecule has 0 aromatic rings. The minimum atomic E-state index is -2.07. The van der Waals surface area contributed by atoms with Gasteiger partial charge in [0.05, 0.1) is 57.3 Å². The summed E-state index contributed by atoms with van der Waals surface area (Å²) in [5, 5.41) is 177. The highest BCUT2D eigenvalue weighted by atomic mass is 16.8. The van der Waals surface area contributed by atoms with E-state index in [0.29, 0.717) is 57.8 Å². The molecule has 0 aromatic heterocycles. The molecule has 532 valence electrons. The highest BCUT2D eigenvalue weighted by Gasteiger charge is 2.74. The minimum absolute atomic E-state index is 0.0117. The van der Waals surface area contributed by atoms with E-state index in [1.54, 1.807) is 6.92 Å². The van der Waals surface area contributed by atoms with Gasteiger partial charge in [-0.3, -0.25) is 9.59 Å². The first-order valence-electron chi connectivity index (χ1n) is 32.8. The summed E-state index contributed by atoms with van der Waals surface area (Å²) in [6.45, 7) is 9.59. The minimum Gasteiger partial charge on any atom is -0.396 e. The topological polar surface area (TPSA) is 478 Å². The quantitative estimate of drug-likeness (QED) is 0.0605. The van der Waals surface area contributed by atoms with Crippen molar-refractivity contribution in [2.24, 2.45) is 33.5 Å². The Bertz CT molecular complexity index is 2660. The number of ether oxygens (including phenoxy) is 13. The van der Waals surface area contributed by atoms with Crippen molar-refractivity contribution in [3.05, 3.63) is 11.1 Å². The van der Waals surface area contributed by atoms with E-state index in [2.05, 4.69) is 20.8 Å². The van der Waals surface area contributed by atoms with Gasteiger partial charge >= 0.3 is 0 Å². The van der Waals surface area contributed by atoms with Gasteiger partial charge in [0.2, 0.25) is 0 Å². The predicted molar refractivity (Wildman–Crippen MR) is 306 cm³/mol. The van der Waals surface area contributed by atoms with Gasteiger partial charge in [0.15, 0.2) is 49.3 Å². The standard InChI is InChI=1S/C62H98O31/c1-8-27(65)31-15-23(2)62(93-31)21-58(4)13-11-25-26(61(58,7)57(62)80)9-10-34-59(25,5)14-12-35(60(34,6)22-64)88-53-46(79)43(76)40(73)33(87-53)20-84-54-48(38(71)29(67)18-82-54)91-56-50(92-52-45(78)42(75)36(69)24(3)85-52)47(41(74)32(16-63)86-56)89-55-49(39(72)30(68)19-83-55)90-51-44(77)37(70)28(66)17-81-51/h23-24,28-56,63-64,66-79H,8-22H2,1-7H3/t23-,24+,28-,29+,30+,31-,32-,33-,34-,35+,36+,37+,38+,39+,40-,41-,42-,43+,44-,45-,46-,47+,48-,49-,50-,51+,52+,53+,54+,55+,56+,58-,59-,60-,61-,62-/m1/s1. The number of carbonyl (C=O) groups is 2. The van der Waals surface area contributed by atoms with Crippen molar-refractivity contribution in [1.29, 1.82) is 0 Å². The first-order chi connectivity index (χ1) is 43.8. The van der Waals surface area contributed by atoms with Crippen LogP contribution in [0.5, 0.6) is 0 Å². The first kappa shape index (κ1) is 72.2. The van der Waals surface area contributed by atoms with Gasteiger partial charge in [-0.2, -0.15) is 0 Å². The van der Waals surface area contributed by atoms with Crippen LogP contribution in [-0.4, -0.2) is 317 Å². The molecule has 16 N–H and O–H groups in total. The monoisotopic (exact) mass is 1340 g/mol. The van der Waals surface area contributed by atoms with E-state index in [-0.39, 0.29) is 30.0 Å². The maximum atomic E-state index is 15.3. The zero-order chi connectivity index (χ0) is 67.5. The number of aliphatic hydroxyl groups is 16. The number of rotatable bonds is 17. The number of carbonyl (C=O) groups excluding carboxylic acids is 2. The third kappa shape index (κ3) is 12.3. The molecule has 7 saturated heterocycles. The summed E-state index contributed by atoms with van der Waals surface area (Å²) in [5.41, 5.74) is -1.61. The molecule has 0 aromatic carbocycles. The summed E-state index contributed by atoms with van der Waals surface area (Å²) in [4.78, 5) is 28.2. The van der Waals surface area contributed by atoms with Gasteiger partial charge in [0.25, 0.3) is 0 Å². The van der Waals surface area contributed by atoms with Crippen molar-refractivity contribution < 1.29 is 153 Å². The Morgan fingerprint density at radius 1 is 0.548 bits per heavy atom. The van der Waals surface area contributed by atoms with E-state index in [0.717, 1.165) is 5.57 Å². The number of Topliss-reactive ketones (excluding diaryl/α,β-unsaturated/α-hetero) is 2. The summed E-state index contributed by atoms with van der Waals surface area (Å²) < 4.78 is 79.0. The second kappa shape index (κ2) is 27.5. The molecule has 36 atom stereocenters. The molecule has 9 fully saturated rings. The maximum absolute atomic E-state index is 15.3. The lowest BCUT2D eigenvalue weighted by Gasteiger charge is -2.62. The molecule has 0 radical (unpaired) electrons. The van der Waals surface area contributed by atoms with Crippen molar-refractivity contribution in [1.82, 2.24) is 0 Å². The van der Waals surface area contributed by atoms with E-state index in [9.17, 15) is 86.5 Å². The number of fused-ring (bicyclic) bond motifs is 4. The van der Waals surface area contributed by atoms with Gasteiger partial charge in [-0.1, -0.05) is 45.8 Å². The largest absolute Gasteiger partial charge is 0.396 e. The van der Waals surface area contributed by atoms with Crippen molar-refractivity contribution in [3.8, 4) is 0 Å². The van der Waals surface area contributed by atoms with Crippen LogP contribution in [0.4, 0.5) is 0 Å². The fourth-order valence-electron chi connectivity index (χ4n) is 17.4. The van der Waals surface area contributed by atoms with Crippen LogP contribution in [0.3, 0.4) is 0 Å². The van der Waals surface area contributed by atoms with Crippen LogP contribution in [-0.2, 0) is 71.2 Å². The molecule has 31 nitrogen and oxygen atoms in total. The summed E-state index contributed by atoms with van der Waals surface area (Å²) in [6, 6.07) is 0. The van der Waals surface area contributed by atoms with Crippen molar-refractivity contribution in [2.45, 2.75) is 290 Å². The summed E-state index contributed by atoms with van der Waals surface area (Å²) >= 11 is 0. The number of ketones is 2. The van der Waals surface area contributed by atoms with Crippen molar-refractivity contribution in [2.75, 3.05) is 39.6 Å². The average Bonchev–Trinajstić information content (AvgIpc) is 1.55. The van der Waals surface area contributed by atoms with Crippen LogP contribution >= 0.6 is 0 Å². The molecule has 1 spiro atoms. The molecule has 31 heteroatoms. The molecular weight excluding hydrogens is 1240 g/mol. The van der Waals surface area contributed by atoms with Crippen molar-refractivity contribution in [3.63, 3.8) is 0 Å². The van der Waals surface area contributed by atoms with E-state index in [1.807, 2.05) is 13.8 Å². The summed E-state index contributed by atoms with van der Waals surface area (Å²) in [6.07, 6.45) is -45.9. The lowest BCUT2D eigenvalue weighted by Crippen LogP contribution is -2.68. The van der Waals surface area contributed by atoms with E-state index in [1.165, 1.54) is 12.5 Å². The van der Waals surface area contributed by atoms with E-state index >= 15 is 4.79 Å². The highest BCUT2D eigenvalue weighted by molar-refractivity contribution is 6.00. The average molecular weight is 1340 g/mol. The fourth-order valence-corrected chi connectivity index (χ4v) is 17.4. The lowest BCUT2D eigenvalue weighted by molar-refractivity contribution is -0.408. The van der Waals surface area contributed by atoms with Gasteiger partial charge in [0, 0.05) is 11.8 Å². The van der Waals surface area contributed by atoms with Gasteiger partial charge in [0.1, 0.15) is 134 Å². The van der Waals surface area contributed by atoms with Crippen molar-refractivity contribution >= 4 is 11.6 Å². The predicted octanol–water partition coefficient (Wildman–Crippen LogP) is -5.34.